The predicted molar refractivity (Wildman–Crippen MR) is 168 cm³/mol. The lowest BCUT2D eigenvalue weighted by Crippen LogP contribution is -2.67. The first-order valence-electron chi connectivity index (χ1n) is 14.3. The summed E-state index contributed by atoms with van der Waals surface area (Å²) in [6.07, 6.45) is 1.65. The Morgan fingerprint density at radius 2 is 1.49 bits per heavy atom. The van der Waals surface area contributed by atoms with Crippen LogP contribution in [0, 0.1) is 11.2 Å². The molecule has 3 N–H and O–H groups in total. The molecule has 2 amide bonds. The van der Waals surface area contributed by atoms with Gasteiger partial charge in [-0.15, -0.1) is 0 Å². The molecular weight excluding hydrogens is 575 g/mol. The number of carbonyl (C=O) groups is 2. The van der Waals surface area contributed by atoms with E-state index in [-0.39, 0.29) is 18.9 Å². The van der Waals surface area contributed by atoms with Crippen molar-refractivity contribution in [1.82, 2.24) is 15.6 Å². The molecule has 2 heterocycles. The molecule has 1 aliphatic heterocycles. The summed E-state index contributed by atoms with van der Waals surface area (Å²) in [6.45, 7) is 0.361. The number of pyridine rings is 1. The second kappa shape index (κ2) is 12.6. The van der Waals surface area contributed by atoms with E-state index >= 15 is 0 Å². The van der Waals surface area contributed by atoms with Crippen LogP contribution in [0.1, 0.15) is 17.2 Å². The molecular formula is C35H31FN4O5. The average molecular weight is 607 g/mol. The molecule has 45 heavy (non-hydrogen) atoms. The van der Waals surface area contributed by atoms with E-state index in [0.29, 0.717) is 39.8 Å². The summed E-state index contributed by atoms with van der Waals surface area (Å²) >= 11 is 0. The molecule has 0 aliphatic carbocycles. The van der Waals surface area contributed by atoms with Crippen LogP contribution in [0.25, 0.3) is 10.9 Å². The molecule has 1 unspecified atom stereocenters. The monoisotopic (exact) mass is 606 g/mol. The number of nitrogens with one attached hydrogen (secondary N) is 3. The number of methoxy groups -OCH3 is 2. The van der Waals surface area contributed by atoms with Crippen molar-refractivity contribution in [2.24, 2.45) is 5.41 Å². The predicted octanol–water partition coefficient (Wildman–Crippen LogP) is 5.62. The highest BCUT2D eigenvalue weighted by atomic mass is 19.1. The number of fused-ring (bicyclic) bond motifs is 1. The van der Waals surface area contributed by atoms with E-state index in [2.05, 4.69) is 20.9 Å². The van der Waals surface area contributed by atoms with Crippen molar-refractivity contribution >= 4 is 28.4 Å². The van der Waals surface area contributed by atoms with Crippen LogP contribution >= 0.6 is 0 Å². The smallest absolute Gasteiger partial charge is 0.242 e. The number of carbonyl (C=O) groups excluding carboxylic acids is 2. The molecule has 1 aliphatic rings. The number of hydrogen-bond acceptors (Lipinski definition) is 7. The number of amides is 2. The molecule has 1 atom stereocenters. The molecule has 1 aromatic heterocycles. The number of anilines is 1. The number of benzene rings is 4. The minimum Gasteiger partial charge on any atom is -0.493 e. The first-order chi connectivity index (χ1) is 21.9. The van der Waals surface area contributed by atoms with Crippen LogP contribution in [0.15, 0.2) is 103 Å². The Morgan fingerprint density at radius 1 is 0.822 bits per heavy atom. The SMILES string of the molecule is COc1cc2nccc(Oc3ccc(NC(=O)C4(C(=O)NC(c5ccccc5)c5ccc(F)cc5)CNC4)cc3)c2cc1OC. The molecule has 0 spiro atoms. The zero-order valence-corrected chi connectivity index (χ0v) is 24.7. The van der Waals surface area contributed by atoms with Gasteiger partial charge in [0.15, 0.2) is 16.9 Å². The molecule has 228 valence electrons. The average Bonchev–Trinajstić information content (AvgIpc) is 3.04. The highest BCUT2D eigenvalue weighted by Crippen LogP contribution is 2.37. The van der Waals surface area contributed by atoms with Crippen molar-refractivity contribution < 1.29 is 28.2 Å². The van der Waals surface area contributed by atoms with Gasteiger partial charge in [0.05, 0.1) is 25.8 Å². The number of hydrogen-bond donors (Lipinski definition) is 3. The second-order valence-electron chi connectivity index (χ2n) is 10.7. The summed E-state index contributed by atoms with van der Waals surface area (Å²) in [4.78, 5) is 31.7. The lowest BCUT2D eigenvalue weighted by atomic mass is 9.79. The van der Waals surface area contributed by atoms with Crippen LogP contribution < -0.4 is 30.2 Å². The summed E-state index contributed by atoms with van der Waals surface area (Å²) < 4.78 is 30.6. The van der Waals surface area contributed by atoms with E-state index in [4.69, 9.17) is 14.2 Å². The van der Waals surface area contributed by atoms with Gasteiger partial charge in [0.2, 0.25) is 11.8 Å². The minimum atomic E-state index is -1.32. The van der Waals surface area contributed by atoms with Crippen molar-refractivity contribution in [1.29, 1.82) is 0 Å². The van der Waals surface area contributed by atoms with Crippen LogP contribution in [-0.4, -0.2) is 44.1 Å². The fourth-order valence-electron chi connectivity index (χ4n) is 5.25. The Bertz CT molecular complexity index is 1830. The largest absolute Gasteiger partial charge is 0.493 e. The van der Waals surface area contributed by atoms with Crippen molar-refractivity contribution in [3.8, 4) is 23.0 Å². The molecule has 10 heteroatoms. The van der Waals surface area contributed by atoms with Crippen molar-refractivity contribution in [2.45, 2.75) is 6.04 Å². The van der Waals surface area contributed by atoms with Gasteiger partial charge in [-0.2, -0.15) is 0 Å². The number of nitrogens with zero attached hydrogens (tertiary/aromatic N) is 1. The second-order valence-corrected chi connectivity index (χ2v) is 10.7. The van der Waals surface area contributed by atoms with Gasteiger partial charge >= 0.3 is 0 Å². The van der Waals surface area contributed by atoms with E-state index in [1.54, 1.807) is 75.0 Å². The first-order valence-corrected chi connectivity index (χ1v) is 14.3. The molecule has 0 saturated carbocycles. The molecule has 4 aromatic carbocycles. The normalized spacial score (nSPS) is 14.1. The van der Waals surface area contributed by atoms with Gasteiger partial charge in [0, 0.05) is 36.4 Å². The summed E-state index contributed by atoms with van der Waals surface area (Å²) in [6, 6.07) is 27.0. The van der Waals surface area contributed by atoms with Gasteiger partial charge in [-0.3, -0.25) is 14.6 Å². The molecule has 0 bridgehead atoms. The van der Waals surface area contributed by atoms with Gasteiger partial charge in [-0.1, -0.05) is 42.5 Å². The third kappa shape index (κ3) is 6.00. The maximum atomic E-state index is 13.7. The molecule has 9 nitrogen and oxygen atoms in total. The summed E-state index contributed by atoms with van der Waals surface area (Å²) in [5, 5.41) is 9.74. The summed E-state index contributed by atoms with van der Waals surface area (Å²) in [5.74, 6) is 1.00. The van der Waals surface area contributed by atoms with Gasteiger partial charge in [0.25, 0.3) is 0 Å². The minimum absolute atomic E-state index is 0.181. The highest BCUT2D eigenvalue weighted by molar-refractivity contribution is 6.12. The van der Waals surface area contributed by atoms with Gasteiger partial charge < -0.3 is 30.2 Å². The van der Waals surface area contributed by atoms with E-state index in [1.807, 2.05) is 30.3 Å². The third-order valence-corrected chi connectivity index (χ3v) is 7.88. The van der Waals surface area contributed by atoms with Crippen molar-refractivity contribution in [3.05, 3.63) is 120 Å². The molecule has 0 radical (unpaired) electrons. The van der Waals surface area contributed by atoms with Gasteiger partial charge in [0.1, 0.15) is 17.3 Å². The van der Waals surface area contributed by atoms with Crippen LogP contribution in [0.5, 0.6) is 23.0 Å². The zero-order valence-electron chi connectivity index (χ0n) is 24.7. The highest BCUT2D eigenvalue weighted by Gasteiger charge is 2.51. The third-order valence-electron chi connectivity index (χ3n) is 7.88. The number of aromatic nitrogens is 1. The van der Waals surface area contributed by atoms with Crippen LogP contribution in [0.4, 0.5) is 10.1 Å². The lowest BCUT2D eigenvalue weighted by Gasteiger charge is -2.40. The van der Waals surface area contributed by atoms with E-state index < -0.39 is 23.3 Å². The Balaban J connectivity index is 1.17. The topological polar surface area (TPSA) is 111 Å². The quantitative estimate of drug-likeness (QED) is 0.177. The molecule has 6 rings (SSSR count). The maximum Gasteiger partial charge on any atom is 0.242 e. The molecule has 1 fully saturated rings. The first kappa shape index (κ1) is 29.6. The van der Waals surface area contributed by atoms with Crippen LogP contribution in [-0.2, 0) is 9.59 Å². The van der Waals surface area contributed by atoms with Crippen molar-refractivity contribution in [2.75, 3.05) is 32.6 Å². The fraction of sp³-hybridized carbons (Fsp3) is 0.171. The molecule has 1 saturated heterocycles. The van der Waals surface area contributed by atoms with Gasteiger partial charge in [-0.05, 0) is 59.7 Å². The Kier molecular flexibility index (Phi) is 8.30. The van der Waals surface area contributed by atoms with E-state index in [0.717, 1.165) is 10.9 Å². The van der Waals surface area contributed by atoms with E-state index in [1.165, 1.54) is 12.1 Å². The number of halogens is 1. The molecule has 5 aromatic rings. The van der Waals surface area contributed by atoms with Gasteiger partial charge in [-0.25, -0.2) is 4.39 Å². The number of rotatable bonds is 10. The Hall–Kier alpha value is -5.48. The van der Waals surface area contributed by atoms with E-state index in [9.17, 15) is 14.0 Å². The Morgan fingerprint density at radius 3 is 2.13 bits per heavy atom. The van der Waals surface area contributed by atoms with Crippen LogP contribution in [0.2, 0.25) is 0 Å². The van der Waals surface area contributed by atoms with Crippen molar-refractivity contribution in [3.63, 3.8) is 0 Å². The fourth-order valence-corrected chi connectivity index (χ4v) is 5.25. The maximum absolute atomic E-state index is 13.7. The summed E-state index contributed by atoms with van der Waals surface area (Å²) in [5.41, 5.74) is 1.39. The zero-order chi connectivity index (χ0) is 31.4. The standard InChI is InChI=1S/C35H31FN4O5/c1-43-30-18-27-28(19-31(30)44-2)38-17-16-29(27)45-26-14-12-25(13-15-26)39-33(41)35(20-37-21-35)34(42)40-32(22-6-4-3-5-7-22)23-8-10-24(36)11-9-23/h3-19,32,37H,20-21H2,1-2H3,(H,39,41)(H,40,42). The summed E-state index contributed by atoms with van der Waals surface area (Å²) in [7, 11) is 3.13. The Labute approximate surface area is 259 Å². The number of ether oxygens (including phenoxy) is 3. The lowest BCUT2D eigenvalue weighted by molar-refractivity contribution is -0.144. The van der Waals surface area contributed by atoms with Crippen LogP contribution in [0.3, 0.4) is 0 Å².